The number of carbonyl (C=O) groups excluding carboxylic acids is 8. The molecular formula is C43H86N20O10. The zero-order valence-corrected chi connectivity index (χ0v) is 42.1. The number of aldehydes is 1. The van der Waals surface area contributed by atoms with Crippen molar-refractivity contribution in [3.8, 4) is 0 Å². The summed E-state index contributed by atoms with van der Waals surface area (Å²) in [7, 11) is 0. The first-order chi connectivity index (χ1) is 34.6. The number of rotatable bonds is 41. The zero-order valence-electron chi connectivity index (χ0n) is 42.1. The van der Waals surface area contributed by atoms with E-state index >= 15 is 0 Å². The number of unbranched alkanes of at least 4 members (excludes halogenated alkanes) is 3. The third-order valence-corrected chi connectivity index (χ3v) is 11.0. The number of nitrogens with two attached hydrogens (primary N) is 10. The fourth-order valence-electron chi connectivity index (χ4n) is 6.85. The highest BCUT2D eigenvalue weighted by Crippen LogP contribution is 2.10. The van der Waals surface area contributed by atoms with Gasteiger partial charge in [-0.15, -0.1) is 0 Å². The van der Waals surface area contributed by atoms with Crippen molar-refractivity contribution in [3.63, 3.8) is 0 Å². The first-order valence-electron chi connectivity index (χ1n) is 24.5. The van der Waals surface area contributed by atoms with Gasteiger partial charge < -0.3 is 110 Å². The van der Waals surface area contributed by atoms with Gasteiger partial charge in [-0.2, -0.15) is 0 Å². The molecule has 0 aliphatic heterocycles. The number of nitrogens with zero attached hydrogens (tertiary/aromatic N) is 3. The number of aliphatic imine (C=N–C) groups is 3. The predicted molar refractivity (Wildman–Crippen MR) is 275 cm³/mol. The number of amides is 7. The molecule has 0 aromatic heterocycles. The van der Waals surface area contributed by atoms with Crippen molar-refractivity contribution in [3.05, 3.63) is 0 Å². The predicted octanol–water partition coefficient (Wildman–Crippen LogP) is -8.17. The maximum absolute atomic E-state index is 14.2. The minimum absolute atomic E-state index is 0.00165. The highest BCUT2D eigenvalue weighted by Gasteiger charge is 2.34. The van der Waals surface area contributed by atoms with Crippen LogP contribution in [0.2, 0.25) is 0 Å². The lowest BCUT2D eigenvalue weighted by atomic mass is 10.0. The molecule has 418 valence electrons. The second kappa shape index (κ2) is 39.1. The molecule has 30 nitrogen and oxygen atoms in total. The number of guanidine groups is 3. The third kappa shape index (κ3) is 30.2. The lowest BCUT2D eigenvalue weighted by Gasteiger charge is -2.28. The van der Waals surface area contributed by atoms with E-state index in [0.29, 0.717) is 51.4 Å². The van der Waals surface area contributed by atoms with E-state index < -0.39 is 102 Å². The fraction of sp³-hybridized carbons (Fsp3) is 0.744. The van der Waals surface area contributed by atoms with Gasteiger partial charge in [0.15, 0.2) is 17.9 Å². The van der Waals surface area contributed by atoms with Crippen molar-refractivity contribution in [2.75, 3.05) is 45.9 Å². The molecule has 30 heteroatoms. The summed E-state index contributed by atoms with van der Waals surface area (Å²) >= 11 is 0. The Morgan fingerprint density at radius 2 is 0.712 bits per heavy atom. The minimum atomic E-state index is -1.65. The van der Waals surface area contributed by atoms with E-state index in [4.69, 9.17) is 57.3 Å². The zero-order chi connectivity index (χ0) is 55.3. The molecule has 29 N–H and O–H groups in total. The van der Waals surface area contributed by atoms with E-state index in [2.05, 4.69) is 52.2 Å². The molecule has 73 heavy (non-hydrogen) atoms. The smallest absolute Gasteiger partial charge is 0.245 e. The Bertz CT molecular complexity index is 1780. The van der Waals surface area contributed by atoms with Gasteiger partial charge in [-0.1, -0.05) is 6.42 Å². The molecule has 0 saturated carbocycles. The average Bonchev–Trinajstić information content (AvgIpc) is 3.33. The Kier molecular flexibility index (Phi) is 35.6. The van der Waals surface area contributed by atoms with Crippen LogP contribution in [-0.2, 0) is 38.4 Å². The van der Waals surface area contributed by atoms with Gasteiger partial charge in [0.2, 0.25) is 41.4 Å². The van der Waals surface area contributed by atoms with Crippen LogP contribution < -0.4 is 94.6 Å². The van der Waals surface area contributed by atoms with E-state index in [-0.39, 0.29) is 108 Å². The van der Waals surface area contributed by atoms with Crippen LogP contribution >= 0.6 is 0 Å². The molecule has 0 aromatic carbocycles. The molecule has 0 bridgehead atoms. The van der Waals surface area contributed by atoms with Gasteiger partial charge in [-0.25, -0.2) is 0 Å². The van der Waals surface area contributed by atoms with Crippen LogP contribution in [0, 0.1) is 0 Å². The largest absolute Gasteiger partial charge is 0.394 e. The van der Waals surface area contributed by atoms with E-state index in [1.165, 1.54) is 6.92 Å². The van der Waals surface area contributed by atoms with Crippen molar-refractivity contribution < 1.29 is 48.6 Å². The average molecular weight is 1040 g/mol. The molecule has 0 spiro atoms. The van der Waals surface area contributed by atoms with Gasteiger partial charge in [0.25, 0.3) is 0 Å². The quantitative estimate of drug-likeness (QED) is 0.0117. The first kappa shape index (κ1) is 66.5. The second-order valence-corrected chi connectivity index (χ2v) is 17.3. The normalized spacial score (nSPS) is 14.6. The Morgan fingerprint density at radius 3 is 1.00 bits per heavy atom. The highest BCUT2D eigenvalue weighted by atomic mass is 16.3. The molecule has 0 aliphatic carbocycles. The molecule has 0 heterocycles. The molecule has 0 aliphatic rings. The van der Waals surface area contributed by atoms with Crippen LogP contribution in [0.1, 0.15) is 103 Å². The molecule has 0 saturated heterocycles. The van der Waals surface area contributed by atoms with Crippen LogP contribution in [0.4, 0.5) is 0 Å². The Labute approximate surface area is 426 Å². The van der Waals surface area contributed by atoms with Gasteiger partial charge in [-0.3, -0.25) is 48.5 Å². The second-order valence-electron chi connectivity index (χ2n) is 17.3. The first-order valence-corrected chi connectivity index (χ1v) is 24.5. The lowest BCUT2D eigenvalue weighted by Crippen LogP contribution is -2.60. The standard InChI is InChI=1S/C43H86N20O10/c1-25(66)32(23-64)62-38(71)31(16-10-22-56-43(52)53)60-35(68)27(12-3-6-18-45)58-37(70)30(15-9-21-55-42(50)51)59-36(69)28(13-4-7-19-46)61-40(73)33(24-65)63-39(72)29(14-8-20-54-41(48)49)57-34(67)26(47)11-2-5-17-44/h23,25-33,65-66H,2-22,24,44-47H2,1H3,(H,57,67)(H,58,70)(H,59,69)(H,60,68)(H,61,73)(H,62,71)(H,63,72)(H4,48,49,54)(H4,50,51,55)(H4,52,53,56)/t25-,26+,27+,28+,29+,30+,31+,32-,33+/m1/s1. The van der Waals surface area contributed by atoms with Gasteiger partial charge in [0.1, 0.15) is 48.6 Å². The minimum Gasteiger partial charge on any atom is -0.394 e. The van der Waals surface area contributed by atoms with E-state index in [1.807, 2.05) is 0 Å². The summed E-state index contributed by atoms with van der Waals surface area (Å²) in [4.78, 5) is 120. The number of hydrogen-bond acceptors (Lipinski definition) is 17. The maximum Gasteiger partial charge on any atom is 0.245 e. The lowest BCUT2D eigenvalue weighted by molar-refractivity contribution is -0.136. The third-order valence-electron chi connectivity index (χ3n) is 11.0. The van der Waals surface area contributed by atoms with E-state index in [9.17, 15) is 48.6 Å². The number of aliphatic hydroxyl groups excluding tert-OH is 2. The number of nitrogens with one attached hydrogen (secondary N) is 7. The Morgan fingerprint density at radius 1 is 0.438 bits per heavy atom. The molecule has 0 radical (unpaired) electrons. The molecule has 7 amide bonds. The summed E-state index contributed by atoms with van der Waals surface area (Å²) in [6, 6.07) is -10.6. The van der Waals surface area contributed by atoms with Crippen LogP contribution in [0.15, 0.2) is 15.0 Å². The van der Waals surface area contributed by atoms with E-state index in [0.717, 1.165) is 0 Å². The summed E-state index contributed by atoms with van der Waals surface area (Å²) in [6.45, 7) is 1.41. The van der Waals surface area contributed by atoms with Crippen molar-refractivity contribution in [2.24, 2.45) is 72.3 Å². The fourth-order valence-corrected chi connectivity index (χ4v) is 6.85. The molecule has 0 aromatic rings. The van der Waals surface area contributed by atoms with Crippen LogP contribution in [0.5, 0.6) is 0 Å². The number of carbonyl (C=O) groups is 8. The Balaban J connectivity index is 6.76. The van der Waals surface area contributed by atoms with Crippen LogP contribution in [0.25, 0.3) is 0 Å². The molecule has 0 fully saturated rings. The summed E-state index contributed by atoms with van der Waals surface area (Å²) in [5.41, 5.74) is 55.8. The monoisotopic (exact) mass is 1040 g/mol. The van der Waals surface area contributed by atoms with Gasteiger partial charge in [-0.05, 0) is 116 Å². The number of hydrogen-bond donors (Lipinski definition) is 19. The molecule has 0 unspecified atom stereocenters. The highest BCUT2D eigenvalue weighted by molar-refractivity contribution is 5.97. The van der Waals surface area contributed by atoms with Gasteiger partial charge in [0.05, 0.1) is 18.8 Å². The Hall–Kier alpha value is -6.47. The van der Waals surface area contributed by atoms with Crippen molar-refractivity contribution in [2.45, 2.75) is 158 Å². The van der Waals surface area contributed by atoms with Crippen molar-refractivity contribution >= 4 is 65.5 Å². The van der Waals surface area contributed by atoms with E-state index in [1.54, 1.807) is 0 Å². The molecule has 9 atom stereocenters. The van der Waals surface area contributed by atoms with Gasteiger partial charge >= 0.3 is 0 Å². The SMILES string of the molecule is C[C@@H](O)[C@@H](C=O)NC(=O)[C@H](CCCN=C(N)N)NC(=O)[C@H](CCCCN)NC(=O)[C@H](CCCN=C(N)N)NC(=O)[C@H](CCCCN)NC(=O)[C@H](CO)NC(=O)[C@H](CCCN=C(N)N)NC(=O)[C@@H](N)CCCCN. The van der Waals surface area contributed by atoms with Crippen molar-refractivity contribution in [1.82, 2.24) is 37.2 Å². The van der Waals surface area contributed by atoms with Crippen LogP contribution in [-0.4, -0.2) is 176 Å². The van der Waals surface area contributed by atoms with Gasteiger partial charge in [0, 0.05) is 19.6 Å². The molecule has 0 rings (SSSR count). The number of aliphatic hydroxyl groups is 2. The summed E-state index contributed by atoms with van der Waals surface area (Å²) in [5, 5.41) is 38.1. The van der Waals surface area contributed by atoms with Crippen molar-refractivity contribution in [1.29, 1.82) is 0 Å². The molecular weight excluding hydrogens is 957 g/mol. The summed E-state index contributed by atoms with van der Waals surface area (Å²) in [5.74, 6) is -6.50. The maximum atomic E-state index is 14.2. The summed E-state index contributed by atoms with van der Waals surface area (Å²) in [6.07, 6.45) is 2.40. The van der Waals surface area contributed by atoms with Crippen LogP contribution in [0.3, 0.4) is 0 Å². The topological polar surface area (TPSA) is 559 Å². The summed E-state index contributed by atoms with van der Waals surface area (Å²) < 4.78 is 0.